The van der Waals surface area contributed by atoms with Gasteiger partial charge in [-0.15, -0.1) is 0 Å². The summed E-state index contributed by atoms with van der Waals surface area (Å²) in [5, 5.41) is 9.30. The smallest absolute Gasteiger partial charge is 0.478 e. The molecule has 3 N–H and O–H groups in total. The van der Waals surface area contributed by atoms with E-state index < -0.39 is 14.8 Å². The van der Waals surface area contributed by atoms with Gasteiger partial charge in [0.2, 0.25) is 0 Å². The van der Waals surface area contributed by atoms with Gasteiger partial charge in [-0.05, 0) is 52.3 Å². The number of carbonyl (C=O) groups is 1. The fourth-order valence-electron chi connectivity index (χ4n) is 1.77. The molecule has 0 atom stereocenters. The highest BCUT2D eigenvalue weighted by molar-refractivity contribution is 6.66. The summed E-state index contributed by atoms with van der Waals surface area (Å²) in [6.07, 6.45) is 1.95. The lowest BCUT2D eigenvalue weighted by molar-refractivity contribution is -0.132. The zero-order chi connectivity index (χ0) is 15.4. The summed E-state index contributed by atoms with van der Waals surface area (Å²) in [5.74, 6) is -0.960. The molecule has 0 amide bonds. The van der Waals surface area contributed by atoms with Crippen molar-refractivity contribution < 1.29 is 23.2 Å². The van der Waals surface area contributed by atoms with Crippen LogP contribution in [0.15, 0.2) is 11.3 Å². The normalized spacial score (nSPS) is 12.7. The molecule has 0 saturated heterocycles. The third kappa shape index (κ3) is 7.16. The monoisotopic (exact) mass is 305 g/mol. The van der Waals surface area contributed by atoms with E-state index in [1.54, 1.807) is 5.70 Å². The zero-order valence-electron chi connectivity index (χ0n) is 12.7. The van der Waals surface area contributed by atoms with E-state index in [2.05, 4.69) is 0 Å². The number of rotatable bonds is 12. The van der Waals surface area contributed by atoms with Crippen LogP contribution in [0.1, 0.15) is 40.0 Å². The molecule has 0 aliphatic carbocycles. The van der Waals surface area contributed by atoms with Gasteiger partial charge in [0.1, 0.15) is 0 Å². The number of unbranched alkanes of at least 4 members (excludes halogenated alkanes) is 1. The van der Waals surface area contributed by atoms with Gasteiger partial charge in [0.05, 0.1) is 0 Å². The van der Waals surface area contributed by atoms with Gasteiger partial charge in [-0.25, -0.2) is 4.79 Å². The lowest BCUT2D eigenvalue weighted by Crippen LogP contribution is -2.45. The molecular formula is C13H27NO5Si. The minimum absolute atomic E-state index is 0.278. The molecule has 0 rings (SSSR count). The quantitative estimate of drug-likeness (QED) is 0.324. The number of hydrogen-bond acceptors (Lipinski definition) is 5. The standard InChI is InChI=1S/C13H27NO5Si/c1-4-17-20(18-5-2,19-6-3)11-12(13(15)16)9-7-8-10-14/h11H,4-10,14H2,1-3H3,(H,15,16). The molecule has 20 heavy (non-hydrogen) atoms. The van der Waals surface area contributed by atoms with Crippen molar-refractivity contribution in [2.45, 2.75) is 40.0 Å². The van der Waals surface area contributed by atoms with Crippen molar-refractivity contribution in [3.05, 3.63) is 11.3 Å². The Morgan fingerprint density at radius 1 is 1.10 bits per heavy atom. The average molecular weight is 305 g/mol. The first-order valence-electron chi connectivity index (χ1n) is 7.12. The minimum Gasteiger partial charge on any atom is -0.478 e. The Kier molecular flexibility index (Phi) is 10.6. The summed E-state index contributed by atoms with van der Waals surface area (Å²) in [5.41, 5.74) is 7.27. The number of aliphatic carboxylic acids is 1. The van der Waals surface area contributed by atoms with Crippen LogP contribution >= 0.6 is 0 Å². The van der Waals surface area contributed by atoms with Crippen molar-refractivity contribution >= 4 is 14.8 Å². The van der Waals surface area contributed by atoms with E-state index in [0.717, 1.165) is 12.8 Å². The van der Waals surface area contributed by atoms with Gasteiger partial charge in [0.25, 0.3) is 0 Å². The maximum absolute atomic E-state index is 11.3. The largest absolute Gasteiger partial charge is 0.530 e. The summed E-state index contributed by atoms with van der Waals surface area (Å²) in [4.78, 5) is 11.3. The van der Waals surface area contributed by atoms with E-state index >= 15 is 0 Å². The van der Waals surface area contributed by atoms with Gasteiger partial charge >= 0.3 is 14.8 Å². The van der Waals surface area contributed by atoms with E-state index in [1.807, 2.05) is 20.8 Å². The number of carboxylic acids is 1. The summed E-state index contributed by atoms with van der Waals surface area (Å²) < 4.78 is 16.9. The van der Waals surface area contributed by atoms with Crippen LogP contribution in [-0.4, -0.2) is 46.2 Å². The lowest BCUT2D eigenvalue weighted by atomic mass is 10.1. The summed E-state index contributed by atoms with van der Waals surface area (Å²) in [6.45, 7) is 7.31. The van der Waals surface area contributed by atoms with Crippen molar-refractivity contribution in [3.8, 4) is 0 Å². The number of hydrogen-bond donors (Lipinski definition) is 2. The molecule has 6 nitrogen and oxygen atoms in total. The minimum atomic E-state index is -3.06. The van der Waals surface area contributed by atoms with Crippen molar-refractivity contribution in [1.82, 2.24) is 0 Å². The molecule has 0 aromatic carbocycles. The first-order valence-corrected chi connectivity index (χ1v) is 8.92. The Morgan fingerprint density at radius 3 is 1.95 bits per heavy atom. The van der Waals surface area contributed by atoms with E-state index in [0.29, 0.717) is 32.8 Å². The van der Waals surface area contributed by atoms with E-state index in [9.17, 15) is 9.90 Å². The van der Waals surface area contributed by atoms with Crippen molar-refractivity contribution in [3.63, 3.8) is 0 Å². The predicted molar refractivity (Wildman–Crippen MR) is 79.3 cm³/mol. The summed E-state index contributed by atoms with van der Waals surface area (Å²) in [7, 11) is -3.06. The Balaban J connectivity index is 5.14. The summed E-state index contributed by atoms with van der Waals surface area (Å²) in [6, 6.07) is 0. The molecule has 0 heterocycles. The van der Waals surface area contributed by atoms with Crippen LogP contribution in [0.5, 0.6) is 0 Å². The molecule has 0 saturated carbocycles. The van der Waals surface area contributed by atoms with Crippen LogP contribution in [0.3, 0.4) is 0 Å². The predicted octanol–water partition coefficient (Wildman–Crippen LogP) is 1.71. The average Bonchev–Trinajstić information content (AvgIpc) is 2.38. The lowest BCUT2D eigenvalue weighted by Gasteiger charge is -2.26. The second-order valence-electron chi connectivity index (χ2n) is 4.12. The molecule has 0 aliphatic rings. The van der Waals surface area contributed by atoms with Crippen LogP contribution in [0.25, 0.3) is 0 Å². The fraction of sp³-hybridized carbons (Fsp3) is 0.769. The van der Waals surface area contributed by atoms with Gasteiger partial charge in [-0.1, -0.05) is 0 Å². The molecule has 0 spiro atoms. The van der Waals surface area contributed by atoms with Crippen LogP contribution in [0.4, 0.5) is 0 Å². The molecule has 0 aliphatic heterocycles. The molecular weight excluding hydrogens is 278 g/mol. The van der Waals surface area contributed by atoms with Gasteiger partial charge in [0.15, 0.2) is 0 Å². The fourth-order valence-corrected chi connectivity index (χ4v) is 4.17. The molecule has 0 aromatic rings. The molecule has 0 aromatic heterocycles. The first-order chi connectivity index (χ1) is 9.55. The van der Waals surface area contributed by atoms with Gasteiger partial charge < -0.3 is 24.1 Å². The zero-order valence-corrected chi connectivity index (χ0v) is 13.7. The molecule has 0 fully saturated rings. The maximum atomic E-state index is 11.3. The Labute approximate surface area is 122 Å². The highest BCUT2D eigenvalue weighted by atomic mass is 28.4. The molecule has 0 bridgehead atoms. The number of nitrogens with two attached hydrogens (primary N) is 1. The third-order valence-corrected chi connectivity index (χ3v) is 5.34. The van der Waals surface area contributed by atoms with Crippen LogP contribution in [0, 0.1) is 0 Å². The molecule has 7 heteroatoms. The van der Waals surface area contributed by atoms with E-state index in [4.69, 9.17) is 19.0 Å². The Bertz CT molecular complexity index is 292. The Hall–Kier alpha value is -0.733. The third-order valence-electron chi connectivity index (χ3n) is 2.56. The van der Waals surface area contributed by atoms with Crippen LogP contribution < -0.4 is 5.73 Å². The van der Waals surface area contributed by atoms with Crippen LogP contribution in [-0.2, 0) is 18.1 Å². The van der Waals surface area contributed by atoms with Crippen molar-refractivity contribution in [1.29, 1.82) is 0 Å². The highest BCUT2D eigenvalue weighted by Crippen LogP contribution is 2.18. The first kappa shape index (κ1) is 19.3. The second-order valence-corrected chi connectivity index (χ2v) is 6.48. The van der Waals surface area contributed by atoms with Gasteiger partial charge in [-0.3, -0.25) is 0 Å². The van der Waals surface area contributed by atoms with Gasteiger partial charge in [0, 0.05) is 25.4 Å². The van der Waals surface area contributed by atoms with E-state index in [1.165, 1.54) is 0 Å². The second kappa shape index (κ2) is 11.0. The Morgan fingerprint density at radius 2 is 1.60 bits per heavy atom. The molecule has 0 radical (unpaired) electrons. The van der Waals surface area contributed by atoms with Crippen molar-refractivity contribution in [2.75, 3.05) is 26.4 Å². The maximum Gasteiger partial charge on any atom is 0.530 e. The SMILES string of the molecule is CCO[Si](C=C(CCCCN)C(=O)O)(OCC)OCC. The molecule has 118 valence electrons. The highest BCUT2D eigenvalue weighted by Gasteiger charge is 2.39. The topological polar surface area (TPSA) is 91.0 Å². The van der Waals surface area contributed by atoms with Crippen LogP contribution in [0.2, 0.25) is 0 Å². The van der Waals surface area contributed by atoms with Gasteiger partial charge in [-0.2, -0.15) is 0 Å². The summed E-state index contributed by atoms with van der Waals surface area (Å²) >= 11 is 0. The van der Waals surface area contributed by atoms with E-state index in [-0.39, 0.29) is 5.57 Å². The number of carboxylic acid groups (broad SMARTS) is 1. The van der Waals surface area contributed by atoms with Crippen molar-refractivity contribution in [2.24, 2.45) is 5.73 Å². The molecule has 0 unspecified atom stereocenters.